The lowest BCUT2D eigenvalue weighted by atomic mass is 10.2. The van der Waals surface area contributed by atoms with Crippen LogP contribution in [0.15, 0.2) is 60.7 Å². The number of rotatable bonds is 2. The summed E-state index contributed by atoms with van der Waals surface area (Å²) in [6.07, 6.45) is 0. The summed E-state index contributed by atoms with van der Waals surface area (Å²) in [5.41, 5.74) is 1.21. The molecule has 0 aliphatic carbocycles. The minimum Gasteiger partial charge on any atom is -0.338 e. The summed E-state index contributed by atoms with van der Waals surface area (Å²) in [7, 11) is 3.32. The Bertz CT molecular complexity index is 615. The summed E-state index contributed by atoms with van der Waals surface area (Å²) in [5.74, 6) is -0.220. The van der Waals surface area contributed by atoms with Crippen molar-refractivity contribution < 1.29 is 9.59 Å². The molecule has 0 aromatic heterocycles. The summed E-state index contributed by atoms with van der Waals surface area (Å²) in [5, 5.41) is -0.205. The molecule has 0 heterocycles. The highest BCUT2D eigenvalue weighted by Crippen LogP contribution is 2.26. The van der Waals surface area contributed by atoms with E-state index < -0.39 is 0 Å². The fourth-order valence-electron chi connectivity index (χ4n) is 1.63. The minimum absolute atomic E-state index is 0.205. The van der Waals surface area contributed by atoms with Crippen LogP contribution in [0.4, 0.5) is 10.5 Å². The third-order valence-electron chi connectivity index (χ3n) is 2.73. The van der Waals surface area contributed by atoms with E-state index in [0.717, 1.165) is 11.9 Å². The Labute approximate surface area is 128 Å². The highest BCUT2D eigenvalue weighted by Gasteiger charge is 2.22. The zero-order valence-electron chi connectivity index (χ0n) is 11.9. The number of carbonyl (C=O) groups is 2. The first kappa shape index (κ1) is 15.1. The Morgan fingerprint density at radius 1 is 0.857 bits per heavy atom. The molecule has 0 fully saturated rings. The molecule has 108 valence electrons. The van der Waals surface area contributed by atoms with E-state index in [9.17, 15) is 9.59 Å². The number of benzene rings is 2. The van der Waals surface area contributed by atoms with Gasteiger partial charge in [-0.2, -0.15) is 0 Å². The van der Waals surface area contributed by atoms with Crippen molar-refractivity contribution in [1.82, 2.24) is 4.90 Å². The van der Waals surface area contributed by atoms with Gasteiger partial charge in [0.25, 0.3) is 5.91 Å². The third-order valence-corrected chi connectivity index (χ3v) is 3.81. The van der Waals surface area contributed by atoms with E-state index in [2.05, 4.69) is 0 Å². The lowest BCUT2D eigenvalue weighted by Crippen LogP contribution is -2.29. The van der Waals surface area contributed by atoms with E-state index >= 15 is 0 Å². The van der Waals surface area contributed by atoms with Crippen LogP contribution >= 0.6 is 11.9 Å². The van der Waals surface area contributed by atoms with Gasteiger partial charge in [0, 0.05) is 19.7 Å². The number of nitrogens with zero attached hydrogens (tertiary/aromatic N) is 2. The Kier molecular flexibility index (Phi) is 5.00. The first-order valence-corrected chi connectivity index (χ1v) is 7.20. The topological polar surface area (TPSA) is 40.6 Å². The van der Waals surface area contributed by atoms with Crippen molar-refractivity contribution in [3.63, 3.8) is 0 Å². The van der Waals surface area contributed by atoms with Crippen molar-refractivity contribution in [1.29, 1.82) is 0 Å². The average Bonchev–Trinajstić information content (AvgIpc) is 2.53. The van der Waals surface area contributed by atoms with E-state index in [-0.39, 0.29) is 11.1 Å². The zero-order valence-corrected chi connectivity index (χ0v) is 12.7. The van der Waals surface area contributed by atoms with Crippen LogP contribution < -0.4 is 4.31 Å². The Morgan fingerprint density at radius 2 is 1.38 bits per heavy atom. The Balaban J connectivity index is 2.32. The van der Waals surface area contributed by atoms with E-state index in [0.29, 0.717) is 11.3 Å². The number of carbonyl (C=O) groups excluding carboxylic acids is 2. The minimum atomic E-state index is -0.220. The van der Waals surface area contributed by atoms with Crippen molar-refractivity contribution in [2.75, 3.05) is 18.4 Å². The van der Waals surface area contributed by atoms with Crippen molar-refractivity contribution in [3.05, 3.63) is 66.2 Å². The molecule has 0 atom stereocenters. The van der Waals surface area contributed by atoms with Gasteiger partial charge < -0.3 is 4.90 Å². The SMILES string of the molecule is CN(C)C(=O)SN(C(=O)c1ccccc1)c1ccccc1. The number of amides is 2. The van der Waals surface area contributed by atoms with Gasteiger partial charge in [0.1, 0.15) is 0 Å². The van der Waals surface area contributed by atoms with Gasteiger partial charge >= 0.3 is 5.24 Å². The fourth-order valence-corrected chi connectivity index (χ4v) is 2.37. The molecule has 4 nitrogen and oxygen atoms in total. The highest BCUT2D eigenvalue weighted by atomic mass is 32.2. The zero-order chi connectivity index (χ0) is 15.2. The maximum atomic E-state index is 12.6. The molecule has 0 unspecified atom stereocenters. The van der Waals surface area contributed by atoms with Crippen molar-refractivity contribution in [2.24, 2.45) is 0 Å². The molecule has 0 aliphatic heterocycles. The molecule has 2 amide bonds. The fraction of sp³-hybridized carbons (Fsp3) is 0.125. The first-order valence-electron chi connectivity index (χ1n) is 6.43. The maximum Gasteiger partial charge on any atom is 0.302 e. The number of hydrogen-bond acceptors (Lipinski definition) is 3. The van der Waals surface area contributed by atoms with E-state index in [1.807, 2.05) is 24.3 Å². The predicted molar refractivity (Wildman–Crippen MR) is 86.4 cm³/mol. The second-order valence-corrected chi connectivity index (χ2v) is 5.45. The van der Waals surface area contributed by atoms with Crippen LogP contribution in [0.3, 0.4) is 0 Å². The first-order chi connectivity index (χ1) is 10.1. The molecule has 0 saturated heterocycles. The summed E-state index contributed by atoms with van der Waals surface area (Å²) >= 11 is 0.880. The van der Waals surface area contributed by atoms with Gasteiger partial charge in [0.15, 0.2) is 0 Å². The van der Waals surface area contributed by atoms with Crippen molar-refractivity contribution in [2.45, 2.75) is 0 Å². The Morgan fingerprint density at radius 3 is 1.90 bits per heavy atom. The van der Waals surface area contributed by atoms with Crippen LogP contribution in [0.5, 0.6) is 0 Å². The van der Waals surface area contributed by atoms with E-state index in [1.54, 1.807) is 50.5 Å². The van der Waals surface area contributed by atoms with Crippen LogP contribution in [0.1, 0.15) is 10.4 Å². The molecule has 21 heavy (non-hydrogen) atoms. The quantitative estimate of drug-likeness (QED) is 0.795. The third kappa shape index (κ3) is 3.86. The molecule has 0 spiro atoms. The monoisotopic (exact) mass is 300 g/mol. The second kappa shape index (κ2) is 6.95. The lowest BCUT2D eigenvalue weighted by molar-refractivity contribution is 0.101. The standard InChI is InChI=1S/C16H16N2O2S/c1-17(2)16(20)21-18(14-11-7-4-8-12-14)15(19)13-9-5-3-6-10-13/h3-12H,1-2H3. The van der Waals surface area contributed by atoms with Gasteiger partial charge in [-0.25, -0.2) is 4.31 Å². The smallest absolute Gasteiger partial charge is 0.302 e. The number of para-hydroxylation sites is 1. The van der Waals surface area contributed by atoms with Crippen LogP contribution in [-0.4, -0.2) is 30.1 Å². The van der Waals surface area contributed by atoms with E-state index in [1.165, 1.54) is 9.21 Å². The van der Waals surface area contributed by atoms with Crippen LogP contribution in [0.25, 0.3) is 0 Å². The molecular weight excluding hydrogens is 284 g/mol. The van der Waals surface area contributed by atoms with Gasteiger partial charge in [0.05, 0.1) is 17.6 Å². The molecule has 2 aromatic carbocycles. The predicted octanol–water partition coefficient (Wildman–Crippen LogP) is 3.66. The van der Waals surface area contributed by atoms with Crippen LogP contribution in [0, 0.1) is 0 Å². The molecule has 5 heteroatoms. The van der Waals surface area contributed by atoms with Crippen LogP contribution in [-0.2, 0) is 0 Å². The molecule has 0 saturated carbocycles. The molecular formula is C16H16N2O2S. The summed E-state index contributed by atoms with van der Waals surface area (Å²) in [6.45, 7) is 0. The molecule has 0 bridgehead atoms. The average molecular weight is 300 g/mol. The van der Waals surface area contributed by atoms with Crippen molar-refractivity contribution in [3.8, 4) is 0 Å². The lowest BCUT2D eigenvalue weighted by Gasteiger charge is -2.22. The molecule has 0 radical (unpaired) electrons. The number of hydrogen-bond donors (Lipinski definition) is 0. The van der Waals surface area contributed by atoms with Gasteiger partial charge in [-0.05, 0) is 24.3 Å². The molecule has 2 rings (SSSR count). The number of anilines is 1. The van der Waals surface area contributed by atoms with Gasteiger partial charge in [-0.1, -0.05) is 36.4 Å². The molecule has 0 N–H and O–H groups in total. The van der Waals surface area contributed by atoms with Crippen LogP contribution in [0.2, 0.25) is 0 Å². The largest absolute Gasteiger partial charge is 0.338 e. The van der Waals surface area contributed by atoms with Gasteiger partial charge in [-0.3, -0.25) is 9.59 Å². The summed E-state index contributed by atoms with van der Waals surface area (Å²) < 4.78 is 1.41. The van der Waals surface area contributed by atoms with Crippen molar-refractivity contribution >= 4 is 28.8 Å². The molecule has 0 aliphatic rings. The van der Waals surface area contributed by atoms with E-state index in [4.69, 9.17) is 0 Å². The van der Waals surface area contributed by atoms with Gasteiger partial charge in [0.2, 0.25) is 0 Å². The maximum absolute atomic E-state index is 12.6. The van der Waals surface area contributed by atoms with Gasteiger partial charge in [-0.15, -0.1) is 0 Å². The summed E-state index contributed by atoms with van der Waals surface area (Å²) in [6, 6.07) is 18.1. The normalized spacial score (nSPS) is 10.0. The highest BCUT2D eigenvalue weighted by molar-refractivity contribution is 8.15. The summed E-state index contributed by atoms with van der Waals surface area (Å²) in [4.78, 5) is 26.0. The Hall–Kier alpha value is -2.27. The second-order valence-electron chi connectivity index (χ2n) is 4.55. The molecule has 2 aromatic rings.